The minimum atomic E-state index is -0.0586. The Bertz CT molecular complexity index is 6130. The first-order valence-corrected chi connectivity index (χ1v) is 32.9. The topological polar surface area (TPSA) is 19.7 Å². The van der Waals surface area contributed by atoms with Crippen LogP contribution < -0.4 is 0 Å². The minimum absolute atomic E-state index is 0.0579. The molecule has 18 aromatic rings. The van der Waals surface area contributed by atoms with E-state index in [9.17, 15) is 0 Å². The molecule has 0 saturated carbocycles. The lowest BCUT2D eigenvalue weighted by Gasteiger charge is -2.21. The number of aromatic nitrogens is 4. The van der Waals surface area contributed by atoms with Crippen molar-refractivity contribution in [3.63, 3.8) is 0 Å². The lowest BCUT2D eigenvalue weighted by molar-refractivity contribution is 0.661. The van der Waals surface area contributed by atoms with Gasteiger partial charge in [0.1, 0.15) is 0 Å². The Balaban J connectivity index is 0.000000133. The van der Waals surface area contributed by atoms with Crippen molar-refractivity contribution < 1.29 is 0 Å². The molecule has 2 aliphatic carbocycles. The Morgan fingerprint density at radius 2 is 0.457 bits per heavy atom. The normalized spacial score (nSPS) is 13.5. The van der Waals surface area contributed by atoms with Crippen molar-refractivity contribution in [2.45, 2.75) is 38.5 Å². The molecule has 444 valence electrons. The summed E-state index contributed by atoms with van der Waals surface area (Å²) in [4.78, 5) is 0. The van der Waals surface area contributed by atoms with Gasteiger partial charge in [0.25, 0.3) is 0 Å². The van der Waals surface area contributed by atoms with E-state index in [1.54, 1.807) is 0 Å². The van der Waals surface area contributed by atoms with E-state index in [4.69, 9.17) is 0 Å². The summed E-state index contributed by atoms with van der Waals surface area (Å²) in [6.07, 6.45) is 0. The molecular weight excluding hydrogens is 1140 g/mol. The molecule has 0 fully saturated rings. The summed E-state index contributed by atoms with van der Waals surface area (Å²) in [7, 11) is 0. The molecular formula is C90H64N4. The summed E-state index contributed by atoms with van der Waals surface area (Å²) in [5.41, 5.74) is 30.4. The number of benzene rings is 14. The van der Waals surface area contributed by atoms with E-state index < -0.39 is 0 Å². The fourth-order valence-corrected chi connectivity index (χ4v) is 16.5. The van der Waals surface area contributed by atoms with Crippen LogP contribution in [0.3, 0.4) is 0 Å². The first-order chi connectivity index (χ1) is 46.2. The zero-order chi connectivity index (χ0) is 62.6. The van der Waals surface area contributed by atoms with E-state index in [-0.39, 0.29) is 10.8 Å². The van der Waals surface area contributed by atoms with Gasteiger partial charge in [-0.1, -0.05) is 210 Å². The first kappa shape index (κ1) is 54.1. The fourth-order valence-electron chi connectivity index (χ4n) is 16.5. The molecule has 0 amide bonds. The summed E-state index contributed by atoms with van der Waals surface area (Å²) in [6.45, 7) is 9.46. The third kappa shape index (κ3) is 7.93. The number of hydrogen-bond donors (Lipinski definition) is 0. The molecule has 4 nitrogen and oxygen atoms in total. The molecule has 0 saturated heterocycles. The van der Waals surface area contributed by atoms with Crippen molar-refractivity contribution in [1.82, 2.24) is 18.3 Å². The Kier molecular flexibility index (Phi) is 11.7. The maximum atomic E-state index is 2.48. The largest absolute Gasteiger partial charge is 0.309 e. The highest BCUT2D eigenvalue weighted by Gasteiger charge is 2.38. The zero-order valence-electron chi connectivity index (χ0n) is 52.8. The molecule has 0 spiro atoms. The van der Waals surface area contributed by atoms with Crippen molar-refractivity contribution in [3.05, 3.63) is 338 Å². The molecule has 14 aromatic carbocycles. The standard InChI is InChI=1S/2C45H32N2/c1-45(2)39-19-11-9-17-33(39)35-28-44-38(27-40(35)45)37-26-30(22-24-43(37)47(44)32-15-7-4-8-16-32)29-21-23-42-36(25-29)34-18-10-12-20-41(34)46(42)31-13-5-3-6-14-31;1-45(2)39-19-11-9-17-33(39)35-27-38-37-26-30(22-24-43(37)47(44(38)28-40(35)45)32-15-7-4-8-16-32)29-21-23-42-36(25-29)34-18-10-12-20-41(34)46(42)31-13-5-3-6-14-31/h2*3-28H,1-2H3. The van der Waals surface area contributed by atoms with Crippen LogP contribution in [0.5, 0.6) is 0 Å². The maximum Gasteiger partial charge on any atom is 0.0547 e. The predicted octanol–water partition coefficient (Wildman–Crippen LogP) is 23.7. The lowest BCUT2D eigenvalue weighted by Crippen LogP contribution is -2.14. The zero-order valence-corrected chi connectivity index (χ0v) is 52.8. The van der Waals surface area contributed by atoms with Crippen LogP contribution in [0, 0.1) is 0 Å². The Labute approximate surface area is 545 Å². The summed E-state index contributed by atoms with van der Waals surface area (Å²) in [6, 6.07) is 116. The van der Waals surface area contributed by atoms with Gasteiger partial charge in [-0.3, -0.25) is 0 Å². The molecule has 0 bridgehead atoms. The van der Waals surface area contributed by atoms with Gasteiger partial charge in [-0.2, -0.15) is 0 Å². The molecule has 0 unspecified atom stereocenters. The molecule has 2 aliphatic rings. The minimum Gasteiger partial charge on any atom is -0.309 e. The van der Waals surface area contributed by atoms with Gasteiger partial charge < -0.3 is 18.3 Å². The van der Waals surface area contributed by atoms with E-state index in [2.05, 4.69) is 361 Å². The summed E-state index contributed by atoms with van der Waals surface area (Å²) in [5.74, 6) is 0. The van der Waals surface area contributed by atoms with Crippen LogP contribution in [-0.4, -0.2) is 18.3 Å². The van der Waals surface area contributed by atoms with E-state index in [1.165, 1.54) is 177 Å². The summed E-state index contributed by atoms with van der Waals surface area (Å²) in [5, 5.41) is 10.2. The van der Waals surface area contributed by atoms with E-state index in [0.29, 0.717) is 0 Å². The number of nitrogens with zero attached hydrogens (tertiary/aromatic N) is 4. The summed E-state index contributed by atoms with van der Waals surface area (Å²) >= 11 is 0. The Morgan fingerprint density at radius 3 is 0.862 bits per heavy atom. The first-order valence-electron chi connectivity index (χ1n) is 32.9. The number of rotatable bonds is 6. The second-order valence-electron chi connectivity index (χ2n) is 26.8. The van der Waals surface area contributed by atoms with Gasteiger partial charge in [0.2, 0.25) is 0 Å². The van der Waals surface area contributed by atoms with Crippen molar-refractivity contribution >= 4 is 87.2 Å². The van der Waals surface area contributed by atoms with Crippen molar-refractivity contribution in [1.29, 1.82) is 0 Å². The third-order valence-corrected chi connectivity index (χ3v) is 21.0. The fraction of sp³-hybridized carbons (Fsp3) is 0.0667. The van der Waals surface area contributed by atoms with Crippen LogP contribution in [-0.2, 0) is 10.8 Å². The second-order valence-corrected chi connectivity index (χ2v) is 26.8. The van der Waals surface area contributed by atoms with Crippen molar-refractivity contribution in [3.8, 4) is 67.3 Å². The molecule has 20 rings (SSSR count). The molecule has 4 heterocycles. The highest BCUT2D eigenvalue weighted by atomic mass is 15.0. The van der Waals surface area contributed by atoms with Crippen LogP contribution in [0.2, 0.25) is 0 Å². The Morgan fingerprint density at radius 1 is 0.181 bits per heavy atom. The molecule has 0 N–H and O–H groups in total. The highest BCUT2D eigenvalue weighted by molar-refractivity contribution is 6.16. The highest BCUT2D eigenvalue weighted by Crippen LogP contribution is 2.53. The van der Waals surface area contributed by atoms with Gasteiger partial charge in [-0.25, -0.2) is 0 Å². The van der Waals surface area contributed by atoms with Gasteiger partial charge in [-0.15, -0.1) is 0 Å². The van der Waals surface area contributed by atoms with Gasteiger partial charge in [0.05, 0.1) is 44.1 Å². The van der Waals surface area contributed by atoms with Crippen molar-refractivity contribution in [2.24, 2.45) is 0 Å². The SMILES string of the molecule is CC1(C)c2ccccc2-c2cc3c(cc21)c1cc(-c2ccc4c(c2)c2ccccc2n4-c2ccccc2)ccc1n3-c1ccccc1.CC1(C)c2ccccc2-c2cc3c4cc(-c5ccc6c(c5)c5ccccc5n6-c5ccccc5)ccc4n(-c4ccccc4)c3cc21. The number of para-hydroxylation sites is 6. The average molecular weight is 1200 g/mol. The molecule has 4 heteroatoms. The number of fused-ring (bicyclic) bond motifs is 18. The van der Waals surface area contributed by atoms with Gasteiger partial charge >= 0.3 is 0 Å². The maximum absolute atomic E-state index is 2.48. The van der Waals surface area contributed by atoms with E-state index in [1.807, 2.05) is 0 Å². The molecule has 0 aliphatic heterocycles. The van der Waals surface area contributed by atoms with E-state index in [0.717, 1.165) is 0 Å². The molecule has 94 heavy (non-hydrogen) atoms. The van der Waals surface area contributed by atoms with Crippen LogP contribution in [0.25, 0.3) is 154 Å². The van der Waals surface area contributed by atoms with Gasteiger partial charge in [0.15, 0.2) is 0 Å². The molecule has 4 aromatic heterocycles. The van der Waals surface area contributed by atoms with Crippen LogP contribution in [0.15, 0.2) is 315 Å². The summed E-state index contributed by atoms with van der Waals surface area (Å²) < 4.78 is 9.65. The predicted molar refractivity (Wildman–Crippen MR) is 396 cm³/mol. The third-order valence-electron chi connectivity index (χ3n) is 21.0. The molecule has 0 atom stereocenters. The van der Waals surface area contributed by atoms with Crippen LogP contribution in [0.4, 0.5) is 0 Å². The van der Waals surface area contributed by atoms with Crippen molar-refractivity contribution in [2.75, 3.05) is 0 Å². The van der Waals surface area contributed by atoms with Crippen LogP contribution in [0.1, 0.15) is 49.9 Å². The number of hydrogen-bond acceptors (Lipinski definition) is 0. The lowest BCUT2D eigenvalue weighted by atomic mass is 9.82. The quantitative estimate of drug-likeness (QED) is 0.158. The van der Waals surface area contributed by atoms with E-state index >= 15 is 0 Å². The second kappa shape index (κ2) is 20.4. The molecule has 0 radical (unpaired) electrons. The van der Waals surface area contributed by atoms with Crippen LogP contribution >= 0.6 is 0 Å². The smallest absolute Gasteiger partial charge is 0.0547 e. The van der Waals surface area contributed by atoms with Gasteiger partial charge in [-0.05, 0) is 200 Å². The Hall–Kier alpha value is -11.7. The van der Waals surface area contributed by atoms with Gasteiger partial charge in [0, 0.05) is 76.7 Å². The average Bonchev–Trinajstić information content (AvgIpc) is 3.03. The monoisotopic (exact) mass is 1200 g/mol.